The third-order valence-electron chi connectivity index (χ3n) is 6.47. The first-order chi connectivity index (χ1) is 15.6. The number of hydrogen-bond donors (Lipinski definition) is 2. The molecule has 2 aromatic heterocycles. The predicted molar refractivity (Wildman–Crippen MR) is 115 cm³/mol. The number of nitrogens with one attached hydrogen (secondary N) is 2. The zero-order valence-electron chi connectivity index (χ0n) is 18.3. The summed E-state index contributed by atoms with van der Waals surface area (Å²) in [5, 5.41) is 2.37. The molecule has 2 aromatic rings. The highest BCUT2D eigenvalue weighted by Crippen LogP contribution is 2.66. The van der Waals surface area contributed by atoms with E-state index in [4.69, 9.17) is 4.78 Å². The van der Waals surface area contributed by atoms with Crippen LogP contribution < -0.4 is 10.2 Å². The number of amides is 1. The van der Waals surface area contributed by atoms with Gasteiger partial charge >= 0.3 is 6.18 Å². The summed E-state index contributed by atoms with van der Waals surface area (Å²) in [6, 6.07) is 2.56. The number of carbonyl (C=O) groups is 1. The van der Waals surface area contributed by atoms with Crippen LogP contribution in [-0.2, 0) is 15.9 Å². The minimum absolute atomic E-state index is 0.0177. The lowest BCUT2D eigenvalue weighted by Crippen LogP contribution is -2.38. The smallest absolute Gasteiger partial charge is 0.356 e. The van der Waals surface area contributed by atoms with Gasteiger partial charge in [-0.3, -0.25) is 4.79 Å². The summed E-state index contributed by atoms with van der Waals surface area (Å²) in [5.41, 5.74) is -2.74. The molecule has 1 spiro atoms. The van der Waals surface area contributed by atoms with Crippen LogP contribution in [0.5, 0.6) is 0 Å². The van der Waals surface area contributed by atoms with Gasteiger partial charge < -0.3 is 10.2 Å². The molecule has 4 rings (SSSR count). The Kier molecular flexibility index (Phi) is 5.61. The number of rotatable bonds is 4. The minimum Gasteiger partial charge on any atom is -0.356 e. The van der Waals surface area contributed by atoms with Crippen LogP contribution in [0.1, 0.15) is 40.7 Å². The average Bonchev–Trinajstić information content (AvgIpc) is 3.25. The Balaban J connectivity index is 1.69. The SMILES string of the molecule is Cc1c(C(F)(F)F)cnc(N2CCC3(CC2)CC3(F)F)c1C(=O)Nc1ccnc([S@](C)(=N)=O)c1. The fourth-order valence-electron chi connectivity index (χ4n) is 4.35. The van der Waals surface area contributed by atoms with Gasteiger partial charge in [0.05, 0.1) is 20.9 Å². The third-order valence-corrected chi connectivity index (χ3v) is 7.50. The molecule has 0 radical (unpaired) electrons. The Morgan fingerprint density at radius 2 is 1.85 bits per heavy atom. The maximum atomic E-state index is 13.8. The van der Waals surface area contributed by atoms with E-state index in [2.05, 4.69) is 15.3 Å². The molecular weight excluding hydrogens is 481 g/mol. The van der Waals surface area contributed by atoms with Gasteiger partial charge in [0.1, 0.15) is 10.8 Å². The Hall–Kier alpha value is -2.83. The lowest BCUT2D eigenvalue weighted by molar-refractivity contribution is -0.138. The van der Waals surface area contributed by atoms with Gasteiger partial charge in [0, 0.05) is 49.3 Å². The van der Waals surface area contributed by atoms with Crippen LogP contribution in [0.25, 0.3) is 0 Å². The number of piperidine rings is 1. The molecular formula is C21H22F5N5O2S. The molecule has 184 valence electrons. The fourth-order valence-corrected chi connectivity index (χ4v) is 4.96. The van der Waals surface area contributed by atoms with Crippen LogP contribution in [0.4, 0.5) is 33.5 Å². The molecule has 1 saturated heterocycles. The summed E-state index contributed by atoms with van der Waals surface area (Å²) in [5.74, 6) is -3.65. The maximum absolute atomic E-state index is 13.8. The Labute approximate surface area is 192 Å². The van der Waals surface area contributed by atoms with E-state index in [1.807, 2.05) is 0 Å². The molecule has 1 aliphatic carbocycles. The summed E-state index contributed by atoms with van der Waals surface area (Å²) in [6.45, 7) is 1.41. The number of hydrogen-bond acceptors (Lipinski definition) is 6. The normalized spacial score (nSPS) is 20.6. The first kappa shape index (κ1) is 24.3. The highest BCUT2D eigenvalue weighted by atomic mass is 32.2. The first-order valence-corrected chi connectivity index (χ1v) is 12.3. The molecule has 2 aliphatic rings. The lowest BCUT2D eigenvalue weighted by atomic mass is 9.92. The molecule has 1 amide bonds. The largest absolute Gasteiger partial charge is 0.418 e. The number of halogens is 5. The summed E-state index contributed by atoms with van der Waals surface area (Å²) in [4.78, 5) is 22.5. The van der Waals surface area contributed by atoms with E-state index in [0.29, 0.717) is 6.20 Å². The molecule has 7 nitrogen and oxygen atoms in total. The summed E-state index contributed by atoms with van der Waals surface area (Å²) >= 11 is 0. The van der Waals surface area contributed by atoms with Gasteiger partial charge in [-0.15, -0.1) is 0 Å². The van der Waals surface area contributed by atoms with Gasteiger partial charge in [-0.05, 0) is 37.5 Å². The predicted octanol–water partition coefficient (Wildman–Crippen LogP) is 4.72. The monoisotopic (exact) mass is 503 g/mol. The van der Waals surface area contributed by atoms with Crippen molar-refractivity contribution >= 4 is 27.1 Å². The molecule has 0 bridgehead atoms. The molecule has 2 N–H and O–H groups in total. The Morgan fingerprint density at radius 3 is 2.38 bits per heavy atom. The first-order valence-electron chi connectivity index (χ1n) is 10.4. The minimum atomic E-state index is -4.75. The second-order valence-electron chi connectivity index (χ2n) is 8.82. The van der Waals surface area contributed by atoms with Crippen LogP contribution in [-0.4, -0.2) is 45.4 Å². The Bertz CT molecular complexity index is 1250. The van der Waals surface area contributed by atoms with Crippen LogP contribution in [0.2, 0.25) is 0 Å². The van der Waals surface area contributed by atoms with Gasteiger partial charge in [-0.25, -0.2) is 27.7 Å². The van der Waals surface area contributed by atoms with Crippen molar-refractivity contribution in [3.05, 3.63) is 41.2 Å². The van der Waals surface area contributed by atoms with Crippen LogP contribution in [0.15, 0.2) is 29.6 Å². The van der Waals surface area contributed by atoms with E-state index in [-0.39, 0.29) is 60.0 Å². The summed E-state index contributed by atoms with van der Waals surface area (Å²) < 4.78 is 87.7. The molecule has 0 aromatic carbocycles. The van der Waals surface area contributed by atoms with Crippen LogP contribution in [0, 0.1) is 17.1 Å². The zero-order valence-corrected chi connectivity index (χ0v) is 19.1. The number of carbonyl (C=O) groups excluding carboxylic acids is 1. The van der Waals surface area contributed by atoms with E-state index in [9.17, 15) is 31.0 Å². The van der Waals surface area contributed by atoms with E-state index in [1.165, 1.54) is 18.3 Å². The van der Waals surface area contributed by atoms with Gasteiger partial charge in [0.2, 0.25) is 0 Å². The number of pyridine rings is 2. The van der Waals surface area contributed by atoms with Crippen LogP contribution in [0.3, 0.4) is 0 Å². The van der Waals surface area contributed by atoms with Crippen LogP contribution >= 0.6 is 0 Å². The highest BCUT2D eigenvalue weighted by molar-refractivity contribution is 7.91. The molecule has 1 aliphatic heterocycles. The van der Waals surface area contributed by atoms with Gasteiger partial charge in [-0.2, -0.15) is 13.2 Å². The average molecular weight is 503 g/mol. The standard InChI is InChI=1S/C21H22F5N5O2S/c1-12-14(21(24,25)26)10-29-17(31-7-4-19(5-8-31)11-20(19,22)23)16(12)18(32)30-13-3-6-28-15(9-13)34(2,27)33/h3,6,9-10,27H,4-5,7-8,11H2,1-2H3,(H,28,30,32)/t34-/m1/s1. The van der Waals surface area contributed by atoms with Crippen molar-refractivity contribution in [2.24, 2.45) is 5.41 Å². The van der Waals surface area contributed by atoms with Crippen molar-refractivity contribution < 1.29 is 31.0 Å². The molecule has 3 heterocycles. The number of nitrogens with zero attached hydrogens (tertiary/aromatic N) is 3. The van der Waals surface area contributed by atoms with Gasteiger partial charge in [0.25, 0.3) is 11.8 Å². The van der Waals surface area contributed by atoms with Crippen molar-refractivity contribution in [3.8, 4) is 0 Å². The summed E-state index contributed by atoms with van der Waals surface area (Å²) in [6.07, 6.45) is -1.66. The zero-order chi connectivity index (χ0) is 25.1. The highest BCUT2D eigenvalue weighted by Gasteiger charge is 2.70. The van der Waals surface area contributed by atoms with Crippen molar-refractivity contribution in [3.63, 3.8) is 0 Å². The van der Waals surface area contributed by atoms with Crippen molar-refractivity contribution in [2.75, 3.05) is 29.6 Å². The molecule has 1 saturated carbocycles. The van der Waals surface area contributed by atoms with Crippen molar-refractivity contribution in [1.29, 1.82) is 4.78 Å². The topological polar surface area (TPSA) is 99.0 Å². The molecule has 1 atom stereocenters. The number of anilines is 2. The number of aromatic nitrogens is 2. The number of alkyl halides is 5. The van der Waals surface area contributed by atoms with Gasteiger partial charge in [-0.1, -0.05) is 0 Å². The van der Waals surface area contributed by atoms with Crippen molar-refractivity contribution in [1.82, 2.24) is 9.97 Å². The van der Waals surface area contributed by atoms with E-state index in [0.717, 1.165) is 13.2 Å². The van der Waals surface area contributed by atoms with Crippen molar-refractivity contribution in [2.45, 2.75) is 43.3 Å². The quantitative estimate of drug-likeness (QED) is 0.589. The van der Waals surface area contributed by atoms with E-state index in [1.54, 1.807) is 4.90 Å². The Morgan fingerprint density at radius 1 is 1.24 bits per heavy atom. The third kappa shape index (κ3) is 4.32. The van der Waals surface area contributed by atoms with E-state index < -0.39 is 38.7 Å². The van der Waals surface area contributed by atoms with E-state index >= 15 is 0 Å². The second kappa shape index (κ2) is 7.85. The molecule has 34 heavy (non-hydrogen) atoms. The van der Waals surface area contributed by atoms with Gasteiger partial charge in [0.15, 0.2) is 0 Å². The maximum Gasteiger partial charge on any atom is 0.418 e. The molecule has 13 heteroatoms. The lowest BCUT2D eigenvalue weighted by Gasteiger charge is -2.34. The molecule has 2 fully saturated rings. The second-order valence-corrected chi connectivity index (χ2v) is 10.9. The summed E-state index contributed by atoms with van der Waals surface area (Å²) in [7, 11) is -3.19. The fraction of sp³-hybridized carbons (Fsp3) is 0.476. The molecule has 0 unspecified atom stereocenters.